The van der Waals surface area contributed by atoms with E-state index in [2.05, 4.69) is 4.98 Å². The van der Waals surface area contributed by atoms with Crippen molar-refractivity contribution in [2.24, 2.45) is 5.92 Å². The maximum Gasteiger partial charge on any atom is 0.226 e. The lowest BCUT2D eigenvalue weighted by Crippen LogP contribution is -2.36. The second-order valence-electron chi connectivity index (χ2n) is 6.08. The molecule has 2 aromatic rings. The highest BCUT2D eigenvalue weighted by Crippen LogP contribution is 2.32. The first-order chi connectivity index (χ1) is 10.6. The number of aliphatic hydroxyl groups excluding tert-OH is 1. The number of methoxy groups -OCH3 is 1. The van der Waals surface area contributed by atoms with Gasteiger partial charge in [-0.3, -0.25) is 4.79 Å². The second-order valence-corrected chi connectivity index (χ2v) is 6.08. The van der Waals surface area contributed by atoms with Crippen LogP contribution >= 0.6 is 0 Å². The van der Waals surface area contributed by atoms with Crippen molar-refractivity contribution in [3.63, 3.8) is 0 Å². The number of aliphatic hydroxyl groups is 1. The Bertz CT molecular complexity index is 676. The number of amides is 1. The number of carbonyl (C=O) groups is 1. The number of nitrogens with one attached hydrogen (secondary N) is 1. The largest absolute Gasteiger partial charge is 0.497 e. The highest BCUT2D eigenvalue weighted by molar-refractivity contribution is 5.89. The third-order valence-corrected chi connectivity index (χ3v) is 4.37. The first kappa shape index (κ1) is 14.9. The number of fused-ring (bicyclic) bond motifs is 1. The van der Waals surface area contributed by atoms with Crippen LogP contribution in [0.15, 0.2) is 24.4 Å². The fourth-order valence-corrected chi connectivity index (χ4v) is 2.74. The molecule has 0 aliphatic heterocycles. The van der Waals surface area contributed by atoms with Gasteiger partial charge < -0.3 is 19.7 Å². The minimum absolute atomic E-state index is 0.0171. The average Bonchev–Trinajstić information content (AvgIpc) is 3.30. The van der Waals surface area contributed by atoms with Crippen LogP contribution in [0.1, 0.15) is 18.4 Å². The molecule has 5 nitrogen and oxygen atoms in total. The van der Waals surface area contributed by atoms with Crippen LogP contribution in [0.4, 0.5) is 0 Å². The molecule has 1 amide bonds. The normalized spacial score (nSPS) is 15.8. The molecule has 1 heterocycles. The smallest absolute Gasteiger partial charge is 0.226 e. The predicted octanol–water partition coefficient (Wildman–Crippen LogP) is 1.95. The summed E-state index contributed by atoms with van der Waals surface area (Å²) in [5.74, 6) is 1.18. The topological polar surface area (TPSA) is 65.6 Å². The molecule has 0 radical (unpaired) electrons. The van der Waals surface area contributed by atoms with Crippen LogP contribution in [0.2, 0.25) is 0 Å². The molecule has 1 atom stereocenters. The number of carbonyl (C=O) groups excluding carboxylic acids is 1. The first-order valence-corrected chi connectivity index (χ1v) is 7.64. The van der Waals surface area contributed by atoms with Gasteiger partial charge in [-0.25, -0.2) is 0 Å². The fourth-order valence-electron chi connectivity index (χ4n) is 2.74. The van der Waals surface area contributed by atoms with E-state index >= 15 is 0 Å². The van der Waals surface area contributed by atoms with Crippen molar-refractivity contribution in [3.8, 4) is 5.75 Å². The molecule has 3 rings (SSSR count). The van der Waals surface area contributed by atoms with Gasteiger partial charge in [0.15, 0.2) is 0 Å². The summed E-state index contributed by atoms with van der Waals surface area (Å²) in [5, 5.41) is 11.0. The van der Waals surface area contributed by atoms with E-state index in [0.717, 1.165) is 35.1 Å². The Hall–Kier alpha value is -2.01. The Kier molecular flexibility index (Phi) is 4.07. The molecule has 0 saturated heterocycles. The number of rotatable bonds is 6. The lowest BCUT2D eigenvalue weighted by Gasteiger charge is -2.20. The van der Waals surface area contributed by atoms with Crippen molar-refractivity contribution < 1.29 is 14.6 Å². The maximum absolute atomic E-state index is 12.4. The fraction of sp³-hybridized carbons (Fsp3) is 0.471. The summed E-state index contributed by atoms with van der Waals surface area (Å²) < 4.78 is 5.24. The molecule has 0 bridgehead atoms. The number of aromatic nitrogens is 1. The lowest BCUT2D eigenvalue weighted by atomic mass is 10.1. The molecular formula is C17H22N2O3. The molecular weight excluding hydrogens is 280 g/mol. The number of aromatic amines is 1. The van der Waals surface area contributed by atoms with Crippen LogP contribution in [0.25, 0.3) is 10.9 Å². The van der Waals surface area contributed by atoms with E-state index in [9.17, 15) is 9.90 Å². The molecule has 22 heavy (non-hydrogen) atoms. The molecule has 1 aromatic heterocycles. The summed E-state index contributed by atoms with van der Waals surface area (Å²) in [6.45, 7) is 0.412. The van der Waals surface area contributed by atoms with E-state index in [1.807, 2.05) is 24.4 Å². The van der Waals surface area contributed by atoms with Crippen molar-refractivity contribution in [2.75, 3.05) is 20.7 Å². The zero-order valence-corrected chi connectivity index (χ0v) is 13.0. The number of hydrogen-bond acceptors (Lipinski definition) is 3. The summed E-state index contributed by atoms with van der Waals surface area (Å²) in [4.78, 5) is 17.2. The van der Waals surface area contributed by atoms with E-state index in [1.165, 1.54) is 0 Å². The average molecular weight is 302 g/mol. The van der Waals surface area contributed by atoms with Gasteiger partial charge in [-0.15, -0.1) is 0 Å². The van der Waals surface area contributed by atoms with Crippen LogP contribution in [0, 0.1) is 5.92 Å². The summed E-state index contributed by atoms with van der Waals surface area (Å²) >= 11 is 0. The van der Waals surface area contributed by atoms with Gasteiger partial charge in [0.2, 0.25) is 5.91 Å². The van der Waals surface area contributed by atoms with Crippen molar-refractivity contribution >= 4 is 16.8 Å². The SMILES string of the molecule is COc1ccc2[nH]cc(CC(=O)N(C)CC(O)C3CC3)c2c1. The van der Waals surface area contributed by atoms with Gasteiger partial charge in [0.25, 0.3) is 0 Å². The molecule has 0 spiro atoms. The van der Waals surface area contributed by atoms with E-state index in [4.69, 9.17) is 4.74 Å². The lowest BCUT2D eigenvalue weighted by molar-refractivity contribution is -0.130. The third kappa shape index (κ3) is 3.09. The first-order valence-electron chi connectivity index (χ1n) is 7.64. The molecule has 1 saturated carbocycles. The predicted molar refractivity (Wildman–Crippen MR) is 84.9 cm³/mol. The van der Waals surface area contributed by atoms with Crippen LogP contribution < -0.4 is 4.74 Å². The van der Waals surface area contributed by atoms with Crippen molar-refractivity contribution in [1.29, 1.82) is 0 Å². The molecule has 5 heteroatoms. The highest BCUT2D eigenvalue weighted by atomic mass is 16.5. The number of nitrogens with zero attached hydrogens (tertiary/aromatic N) is 1. The second kappa shape index (κ2) is 6.01. The highest BCUT2D eigenvalue weighted by Gasteiger charge is 2.31. The molecule has 1 fully saturated rings. The van der Waals surface area contributed by atoms with Crippen LogP contribution in [-0.4, -0.2) is 47.7 Å². The minimum Gasteiger partial charge on any atom is -0.497 e. The van der Waals surface area contributed by atoms with Gasteiger partial charge in [-0.05, 0) is 42.5 Å². The molecule has 1 aliphatic carbocycles. The quantitative estimate of drug-likeness (QED) is 0.857. The Morgan fingerprint density at radius 3 is 2.95 bits per heavy atom. The molecule has 1 aliphatic rings. The third-order valence-electron chi connectivity index (χ3n) is 4.37. The Morgan fingerprint density at radius 2 is 2.27 bits per heavy atom. The van der Waals surface area contributed by atoms with Crippen molar-refractivity contribution in [3.05, 3.63) is 30.0 Å². The van der Waals surface area contributed by atoms with E-state index < -0.39 is 6.10 Å². The Morgan fingerprint density at radius 1 is 1.50 bits per heavy atom. The van der Waals surface area contributed by atoms with E-state index in [-0.39, 0.29) is 5.91 Å². The zero-order valence-electron chi connectivity index (χ0n) is 13.0. The molecule has 1 unspecified atom stereocenters. The molecule has 2 N–H and O–H groups in total. The van der Waals surface area contributed by atoms with E-state index in [1.54, 1.807) is 19.1 Å². The molecule has 118 valence electrons. The Labute approximate surface area is 129 Å². The van der Waals surface area contributed by atoms with Crippen molar-refractivity contribution in [2.45, 2.75) is 25.4 Å². The maximum atomic E-state index is 12.4. The standard InChI is InChI=1S/C17H22N2O3/c1-19(10-16(20)11-3-4-11)17(21)7-12-9-18-15-6-5-13(22-2)8-14(12)15/h5-6,8-9,11,16,18,20H,3-4,7,10H2,1-2H3. The number of ether oxygens (including phenoxy) is 1. The monoisotopic (exact) mass is 302 g/mol. The van der Waals surface area contributed by atoms with Gasteiger partial charge >= 0.3 is 0 Å². The summed E-state index contributed by atoms with van der Waals surface area (Å²) in [6, 6.07) is 5.78. The number of H-pyrrole nitrogens is 1. The summed E-state index contributed by atoms with van der Waals surface area (Å²) in [5.41, 5.74) is 1.94. The van der Waals surface area contributed by atoms with Gasteiger partial charge in [-0.2, -0.15) is 0 Å². The number of hydrogen-bond donors (Lipinski definition) is 2. The molecule has 1 aromatic carbocycles. The minimum atomic E-state index is -0.392. The van der Waals surface area contributed by atoms with Crippen LogP contribution in [0.3, 0.4) is 0 Å². The van der Waals surface area contributed by atoms with Gasteiger partial charge in [0.05, 0.1) is 19.6 Å². The van der Waals surface area contributed by atoms with Gasteiger partial charge in [0.1, 0.15) is 5.75 Å². The number of likely N-dealkylation sites (N-methyl/N-ethyl adjacent to an activating group) is 1. The van der Waals surface area contributed by atoms with Crippen molar-refractivity contribution in [1.82, 2.24) is 9.88 Å². The number of benzene rings is 1. The summed E-state index contributed by atoms with van der Waals surface area (Å²) in [6.07, 6.45) is 3.95. The van der Waals surface area contributed by atoms with Gasteiger partial charge in [0, 0.05) is 30.7 Å². The van der Waals surface area contributed by atoms with Gasteiger partial charge in [-0.1, -0.05) is 0 Å². The Balaban J connectivity index is 1.70. The summed E-state index contributed by atoms with van der Waals surface area (Å²) in [7, 11) is 3.38. The van der Waals surface area contributed by atoms with Crippen LogP contribution in [0.5, 0.6) is 5.75 Å². The van der Waals surface area contributed by atoms with Crippen LogP contribution in [-0.2, 0) is 11.2 Å². The zero-order chi connectivity index (χ0) is 15.7. The van der Waals surface area contributed by atoms with E-state index in [0.29, 0.717) is 18.9 Å².